The SMILES string of the molecule is CC(C)c1cc(C(C)C)c(B2c3ccccc3Sc3cc4c(cc32)B2c3ccccc3N3c5ccccc5B5c6ccc(-n7c8ccccc8c8ccccc87)cc6N6c7ccccc7B7c8ccccc8N4c4c2c3c5c6c47)c(C(C)C)c1. The largest absolute Gasteiger partial charge is 0.312 e. The summed E-state index contributed by atoms with van der Waals surface area (Å²) in [7, 11) is 0. The summed E-state index contributed by atoms with van der Waals surface area (Å²) in [4.78, 5) is 10.9. The molecule has 0 N–H and O–H groups in total. The van der Waals surface area contributed by atoms with Crippen LogP contribution >= 0.6 is 11.8 Å². The van der Waals surface area contributed by atoms with Crippen LogP contribution in [0.5, 0.6) is 0 Å². The van der Waals surface area contributed by atoms with Crippen molar-refractivity contribution < 1.29 is 0 Å². The normalized spacial score (nSPS) is 14.7. The molecule has 0 atom stereocenters. The quantitative estimate of drug-likeness (QED) is 0.159. The molecule has 0 aliphatic carbocycles. The smallest absolute Gasteiger partial charge is 0.252 e. The molecule has 0 spiro atoms. The average molecular weight is 1090 g/mol. The Kier molecular flexibility index (Phi) is 9.63. The van der Waals surface area contributed by atoms with Gasteiger partial charge in [0.15, 0.2) is 0 Å². The molecule has 0 bridgehead atoms. The maximum absolute atomic E-state index is 2.77. The molecule has 1 aromatic heterocycles. The van der Waals surface area contributed by atoms with Gasteiger partial charge in [-0.1, -0.05) is 221 Å². The summed E-state index contributed by atoms with van der Waals surface area (Å²) in [5, 5.41) is 2.54. The first-order chi connectivity index (χ1) is 41.2. The summed E-state index contributed by atoms with van der Waals surface area (Å²) in [6, 6.07) is 82.9. The summed E-state index contributed by atoms with van der Waals surface area (Å²) < 4.78 is 2.50. The van der Waals surface area contributed by atoms with Crippen molar-refractivity contribution in [3.05, 3.63) is 229 Å². The molecule has 0 unspecified atom stereocenters. The first-order valence-corrected chi connectivity index (χ1v) is 31.3. The third kappa shape index (κ3) is 5.96. The molecule has 19 rings (SSSR count). The van der Waals surface area contributed by atoms with Gasteiger partial charge >= 0.3 is 0 Å². The van der Waals surface area contributed by atoms with Crippen LogP contribution in [0.15, 0.2) is 222 Å². The van der Waals surface area contributed by atoms with Gasteiger partial charge in [0.2, 0.25) is 6.71 Å². The second-order valence-corrected chi connectivity index (χ2v) is 26.6. The first kappa shape index (κ1) is 47.7. The number of benzene rings is 11. The van der Waals surface area contributed by atoms with Crippen molar-refractivity contribution in [3.8, 4) is 5.69 Å². The maximum Gasteiger partial charge on any atom is 0.252 e. The highest BCUT2D eigenvalue weighted by Crippen LogP contribution is 2.52. The second-order valence-electron chi connectivity index (χ2n) is 25.5. The maximum atomic E-state index is 2.77. The Labute approximate surface area is 497 Å². The first-order valence-electron chi connectivity index (χ1n) is 30.5. The summed E-state index contributed by atoms with van der Waals surface area (Å²) >= 11 is 1.98. The molecule has 7 aliphatic rings. The third-order valence-corrected chi connectivity index (χ3v) is 21.5. The molecule has 0 fully saturated rings. The van der Waals surface area contributed by atoms with Crippen LogP contribution in [0, 0.1) is 0 Å². The van der Waals surface area contributed by atoms with E-state index in [2.05, 4.69) is 273 Å². The van der Waals surface area contributed by atoms with Gasteiger partial charge in [-0.05, 0) is 144 Å². The fourth-order valence-electron chi connectivity index (χ4n) is 17.0. The molecule has 0 radical (unpaired) electrons. The molecule has 12 aromatic rings. The Morgan fingerprint density at radius 1 is 0.310 bits per heavy atom. The van der Waals surface area contributed by atoms with Crippen LogP contribution in [0.1, 0.15) is 76.0 Å². The van der Waals surface area contributed by atoms with Crippen LogP contribution < -0.4 is 80.3 Å². The van der Waals surface area contributed by atoms with Gasteiger partial charge in [-0.3, -0.25) is 0 Å². The van der Waals surface area contributed by atoms with Gasteiger partial charge in [-0.25, -0.2) is 0 Å². The minimum Gasteiger partial charge on any atom is -0.312 e. The number of para-hydroxylation sites is 6. The van der Waals surface area contributed by atoms with Crippen molar-refractivity contribution in [2.45, 2.75) is 69.1 Å². The zero-order valence-electron chi connectivity index (χ0n) is 47.9. The fraction of sp³-hybridized carbons (Fsp3) is 0.120. The zero-order chi connectivity index (χ0) is 55.7. The van der Waals surface area contributed by atoms with Crippen LogP contribution in [0.25, 0.3) is 27.5 Å². The monoisotopic (exact) mass is 1090 g/mol. The van der Waals surface area contributed by atoms with Crippen molar-refractivity contribution in [3.63, 3.8) is 0 Å². The Balaban J connectivity index is 0.946. The van der Waals surface area contributed by atoms with Gasteiger partial charge in [-0.2, -0.15) is 0 Å². The molecular formula is C75H56B4N4S. The van der Waals surface area contributed by atoms with Gasteiger partial charge in [0.1, 0.15) is 0 Å². The molecule has 4 nitrogen and oxygen atoms in total. The highest BCUT2D eigenvalue weighted by atomic mass is 32.2. The fourth-order valence-corrected chi connectivity index (χ4v) is 18.2. The van der Waals surface area contributed by atoms with E-state index >= 15 is 0 Å². The molecule has 0 amide bonds. The summed E-state index contributed by atoms with van der Waals surface area (Å²) in [6.07, 6.45) is 0. The number of rotatable bonds is 5. The molecule has 7 aliphatic heterocycles. The molecule has 9 heteroatoms. The highest BCUT2D eigenvalue weighted by Gasteiger charge is 2.58. The lowest BCUT2D eigenvalue weighted by Crippen LogP contribution is -2.75. The lowest BCUT2D eigenvalue weighted by atomic mass is 9.24. The van der Waals surface area contributed by atoms with E-state index in [0.29, 0.717) is 17.8 Å². The summed E-state index contributed by atoms with van der Waals surface area (Å²) in [6.45, 7) is 14.4. The predicted molar refractivity (Wildman–Crippen MR) is 363 cm³/mol. The van der Waals surface area contributed by atoms with Crippen molar-refractivity contribution in [2.75, 3.05) is 14.7 Å². The molecule has 11 aromatic carbocycles. The molecule has 84 heavy (non-hydrogen) atoms. The number of hydrogen-bond acceptors (Lipinski definition) is 4. The summed E-state index contributed by atoms with van der Waals surface area (Å²) in [5.74, 6) is 1.13. The van der Waals surface area contributed by atoms with Crippen LogP contribution in [0.2, 0.25) is 0 Å². The number of hydrogen-bond donors (Lipinski definition) is 0. The van der Waals surface area contributed by atoms with E-state index in [-0.39, 0.29) is 26.9 Å². The van der Waals surface area contributed by atoms with Gasteiger partial charge < -0.3 is 19.3 Å². The topological polar surface area (TPSA) is 14.7 Å². The molecule has 8 heterocycles. The zero-order valence-corrected chi connectivity index (χ0v) is 48.8. The van der Waals surface area contributed by atoms with E-state index in [1.807, 2.05) is 11.8 Å². The van der Waals surface area contributed by atoms with Gasteiger partial charge in [0.05, 0.1) is 11.0 Å². The van der Waals surface area contributed by atoms with E-state index in [1.54, 1.807) is 0 Å². The number of anilines is 9. The van der Waals surface area contributed by atoms with Crippen molar-refractivity contribution in [1.29, 1.82) is 0 Å². The van der Waals surface area contributed by atoms with Gasteiger partial charge in [0, 0.05) is 77.4 Å². The third-order valence-electron chi connectivity index (χ3n) is 20.4. The highest BCUT2D eigenvalue weighted by molar-refractivity contribution is 8.00. The minimum absolute atomic E-state index is 0.00476. The van der Waals surface area contributed by atoms with E-state index in [9.17, 15) is 0 Å². The predicted octanol–water partition coefficient (Wildman–Crippen LogP) is 11.0. The Bertz CT molecular complexity index is 4880. The molecule has 0 saturated carbocycles. The van der Waals surface area contributed by atoms with Crippen molar-refractivity contribution >= 4 is 177 Å². The van der Waals surface area contributed by atoms with E-state index in [0.717, 1.165) is 0 Å². The van der Waals surface area contributed by atoms with Crippen molar-refractivity contribution in [2.24, 2.45) is 0 Å². The number of aromatic nitrogens is 1. The van der Waals surface area contributed by atoms with Crippen LogP contribution in [0.4, 0.5) is 51.2 Å². The van der Waals surface area contributed by atoms with Crippen LogP contribution in [-0.4, -0.2) is 31.4 Å². The Hall–Kier alpha value is -8.77. The number of nitrogens with zero attached hydrogens (tertiary/aromatic N) is 4. The van der Waals surface area contributed by atoms with E-state index in [4.69, 9.17) is 0 Å². The molecule has 0 saturated heterocycles. The molecule has 394 valence electrons. The summed E-state index contributed by atoms with van der Waals surface area (Å²) in [5.41, 5.74) is 36.5. The van der Waals surface area contributed by atoms with E-state index < -0.39 is 0 Å². The standard InChI is InChI=1S/C75H56B4N4S/c1-42(2)45-37-49(43(3)4)69(50(38-45)44(5)6)79-56-27-13-20-34-67(56)84-68-41-66-57(40-58(68)79)78-54-26-12-17-31-62(54)81-61-30-16-9-23-51(61)77-55-36-35-46(80-59-28-14-7-21-47(59)48-22-8-15-29-60(48)80)39-65(55)82-63-32-18-10-24-52(63)76-53-25-11-19-33-64(53)83(66)75-71(76)74(82)70(77)73(81)72(75)78/h7-44H,1-6H3. The van der Waals surface area contributed by atoms with Crippen LogP contribution in [0.3, 0.4) is 0 Å². The average Bonchev–Trinajstić information content (AvgIpc) is 0.762. The minimum atomic E-state index is -0.0395. The lowest BCUT2D eigenvalue weighted by Gasteiger charge is -2.55. The Morgan fingerprint density at radius 2 is 0.714 bits per heavy atom. The Morgan fingerprint density at radius 3 is 1.21 bits per heavy atom. The second kappa shape index (κ2) is 17.0. The van der Waals surface area contributed by atoms with Gasteiger partial charge in [0.25, 0.3) is 20.1 Å². The number of fused-ring (bicyclic) bond motifs is 23. The van der Waals surface area contributed by atoms with Crippen molar-refractivity contribution in [1.82, 2.24) is 4.57 Å². The molecular weight excluding hydrogens is 1030 g/mol. The van der Waals surface area contributed by atoms with Gasteiger partial charge in [-0.15, -0.1) is 0 Å². The van der Waals surface area contributed by atoms with E-state index in [1.165, 1.54) is 171 Å². The van der Waals surface area contributed by atoms with Crippen LogP contribution in [-0.2, 0) is 0 Å². The lowest BCUT2D eigenvalue weighted by molar-refractivity contribution is 0.812.